The Morgan fingerprint density at radius 1 is 1.36 bits per heavy atom. The van der Waals surface area contributed by atoms with Crippen molar-refractivity contribution < 1.29 is 33.6 Å². The number of fused-ring (bicyclic) bond motifs is 1. The van der Waals surface area contributed by atoms with Crippen LogP contribution in [0.3, 0.4) is 0 Å². The number of rotatable bonds is 10. The van der Waals surface area contributed by atoms with Gasteiger partial charge in [0, 0.05) is 37.7 Å². The first kappa shape index (κ1) is 23.5. The summed E-state index contributed by atoms with van der Waals surface area (Å²) in [6.07, 6.45) is 2.55. The Balaban J connectivity index is 1.49. The van der Waals surface area contributed by atoms with Crippen molar-refractivity contribution in [3.05, 3.63) is 41.3 Å². The minimum Gasteiger partial charge on any atom is -0.497 e. The molecule has 1 aromatic carbocycles. The van der Waals surface area contributed by atoms with Crippen LogP contribution in [-0.2, 0) is 20.9 Å². The maximum absolute atomic E-state index is 14.1. The average Bonchev–Trinajstić information content (AvgIpc) is 3.32. The Kier molecular flexibility index (Phi) is 6.87. The largest absolute Gasteiger partial charge is 0.497 e. The molecular formula is C23H30FN3O6. The van der Waals surface area contributed by atoms with Gasteiger partial charge in [-0.2, -0.15) is 0 Å². The van der Waals surface area contributed by atoms with E-state index >= 15 is 0 Å². The zero-order valence-electron chi connectivity index (χ0n) is 18.6. The number of nitrogens with zero attached hydrogens (tertiary/aromatic N) is 2. The van der Waals surface area contributed by atoms with Crippen molar-refractivity contribution in [1.82, 2.24) is 10.2 Å². The molecule has 3 heterocycles. The lowest BCUT2D eigenvalue weighted by Crippen LogP contribution is -2.53. The van der Waals surface area contributed by atoms with Crippen LogP contribution >= 0.6 is 0 Å². The molecule has 2 fully saturated rings. The van der Waals surface area contributed by atoms with E-state index in [4.69, 9.17) is 14.2 Å². The summed E-state index contributed by atoms with van der Waals surface area (Å²) in [7, 11) is 1.57. The third-order valence-corrected chi connectivity index (χ3v) is 6.52. The molecule has 0 aromatic heterocycles. The quantitative estimate of drug-likeness (QED) is 0.482. The summed E-state index contributed by atoms with van der Waals surface area (Å²) < 4.78 is 31.3. The first-order chi connectivity index (χ1) is 15.9. The standard InChI is InChI=1S/C23H30FN3O6/c1-31-18-5-3-16(4-6-18)14-32-20-19(21(29)30)12-25-23(26-20,8-10-28)33-15-22-7-2-9-27(22)13-17(24)11-22/h3-6,12,17,26,28H,2,7-11,13-15H2,1H3,(H,29,30)/t17-,22?,23?/m1/s1. The molecule has 0 amide bonds. The van der Waals surface area contributed by atoms with Crippen LogP contribution < -0.4 is 10.1 Å². The van der Waals surface area contributed by atoms with Gasteiger partial charge in [-0.3, -0.25) is 4.90 Å². The number of halogens is 1. The van der Waals surface area contributed by atoms with Crippen LogP contribution in [0.25, 0.3) is 0 Å². The predicted octanol–water partition coefficient (Wildman–Crippen LogP) is 1.81. The van der Waals surface area contributed by atoms with Gasteiger partial charge in [0.15, 0.2) is 0 Å². The van der Waals surface area contributed by atoms with Gasteiger partial charge in [-0.1, -0.05) is 12.1 Å². The normalized spacial score (nSPS) is 29.1. The summed E-state index contributed by atoms with van der Waals surface area (Å²) >= 11 is 0. The van der Waals surface area contributed by atoms with Crippen molar-refractivity contribution in [2.45, 2.75) is 49.8 Å². The Bertz CT molecular complexity index is 923. The zero-order valence-corrected chi connectivity index (χ0v) is 18.6. The van der Waals surface area contributed by atoms with Crippen LogP contribution in [0.15, 0.2) is 40.7 Å². The van der Waals surface area contributed by atoms with E-state index < -0.39 is 23.5 Å². The highest BCUT2D eigenvalue weighted by Gasteiger charge is 2.50. The summed E-state index contributed by atoms with van der Waals surface area (Å²) in [5, 5.41) is 22.2. The van der Waals surface area contributed by atoms with Gasteiger partial charge < -0.3 is 29.7 Å². The molecule has 10 heteroatoms. The maximum Gasteiger partial charge on any atom is 0.342 e. The summed E-state index contributed by atoms with van der Waals surface area (Å²) in [6, 6.07) is 7.20. The molecule has 0 saturated carbocycles. The highest BCUT2D eigenvalue weighted by atomic mass is 19.1. The Labute approximate surface area is 191 Å². The van der Waals surface area contributed by atoms with Crippen LogP contribution in [-0.4, -0.2) is 78.3 Å². The number of ether oxygens (including phenoxy) is 3. The molecule has 9 nitrogen and oxygen atoms in total. The van der Waals surface area contributed by atoms with E-state index in [-0.39, 0.29) is 37.7 Å². The van der Waals surface area contributed by atoms with Gasteiger partial charge in [-0.15, -0.1) is 0 Å². The van der Waals surface area contributed by atoms with E-state index in [1.165, 1.54) is 6.21 Å². The number of methoxy groups -OCH3 is 1. The van der Waals surface area contributed by atoms with Gasteiger partial charge in [0.05, 0.1) is 13.7 Å². The van der Waals surface area contributed by atoms with Crippen molar-refractivity contribution >= 4 is 12.2 Å². The van der Waals surface area contributed by atoms with Crippen molar-refractivity contribution in [3.8, 4) is 5.75 Å². The molecule has 3 N–H and O–H groups in total. The highest BCUT2D eigenvalue weighted by Crippen LogP contribution is 2.41. The molecule has 3 aliphatic rings. The summed E-state index contributed by atoms with van der Waals surface area (Å²) in [4.78, 5) is 18.2. The lowest BCUT2D eigenvalue weighted by atomic mass is 9.94. The molecule has 1 aromatic rings. The second-order valence-corrected chi connectivity index (χ2v) is 8.69. The number of hydrogen-bond acceptors (Lipinski definition) is 8. The second-order valence-electron chi connectivity index (χ2n) is 8.69. The molecule has 0 spiro atoms. The van der Waals surface area contributed by atoms with E-state index in [1.807, 2.05) is 12.1 Å². The van der Waals surface area contributed by atoms with Crippen LogP contribution in [0.2, 0.25) is 0 Å². The first-order valence-corrected chi connectivity index (χ1v) is 11.1. The maximum atomic E-state index is 14.1. The number of carboxylic acids is 1. The number of carbonyl (C=O) groups is 1. The molecule has 4 rings (SSSR count). The number of carboxylic acid groups (broad SMARTS) is 1. The van der Waals surface area contributed by atoms with Crippen molar-refractivity contribution in [2.75, 3.05) is 33.4 Å². The molecular weight excluding hydrogens is 433 g/mol. The number of aliphatic carboxylic acids is 1. The number of nitrogens with one attached hydrogen (secondary N) is 1. The highest BCUT2D eigenvalue weighted by molar-refractivity contribution is 6.09. The Morgan fingerprint density at radius 2 is 2.15 bits per heavy atom. The van der Waals surface area contributed by atoms with Crippen LogP contribution in [0.1, 0.15) is 31.2 Å². The smallest absolute Gasteiger partial charge is 0.342 e. The number of aliphatic hydroxyl groups excluding tert-OH is 1. The van der Waals surface area contributed by atoms with Crippen LogP contribution in [0, 0.1) is 0 Å². The summed E-state index contributed by atoms with van der Waals surface area (Å²) in [5.74, 6) is -1.91. The molecule has 0 bridgehead atoms. The fourth-order valence-corrected chi connectivity index (χ4v) is 4.77. The van der Waals surface area contributed by atoms with Gasteiger partial charge in [0.25, 0.3) is 0 Å². The fraction of sp³-hybridized carbons (Fsp3) is 0.565. The van der Waals surface area contributed by atoms with Crippen LogP contribution in [0.4, 0.5) is 4.39 Å². The molecule has 33 heavy (non-hydrogen) atoms. The molecule has 3 atom stereocenters. The lowest BCUT2D eigenvalue weighted by Gasteiger charge is -2.39. The summed E-state index contributed by atoms with van der Waals surface area (Å²) in [6.45, 7) is 1.29. The third kappa shape index (κ3) is 4.97. The average molecular weight is 464 g/mol. The lowest BCUT2D eigenvalue weighted by molar-refractivity contribution is -0.133. The number of aliphatic hydroxyl groups is 1. The molecule has 180 valence electrons. The van der Waals surface area contributed by atoms with E-state index in [9.17, 15) is 19.4 Å². The van der Waals surface area contributed by atoms with Gasteiger partial charge in [0.1, 0.15) is 24.1 Å². The zero-order chi connectivity index (χ0) is 23.5. The predicted molar refractivity (Wildman–Crippen MR) is 118 cm³/mol. The van der Waals surface area contributed by atoms with Crippen molar-refractivity contribution in [3.63, 3.8) is 0 Å². The molecule has 2 unspecified atom stereocenters. The van der Waals surface area contributed by atoms with Gasteiger partial charge in [-0.05, 0) is 37.1 Å². The van der Waals surface area contributed by atoms with E-state index in [0.29, 0.717) is 18.7 Å². The summed E-state index contributed by atoms with van der Waals surface area (Å²) in [5.41, 5.74) is 0.262. The van der Waals surface area contributed by atoms with Crippen molar-refractivity contribution in [2.24, 2.45) is 4.99 Å². The third-order valence-electron chi connectivity index (χ3n) is 6.52. The Morgan fingerprint density at radius 3 is 2.85 bits per heavy atom. The number of benzene rings is 1. The molecule has 0 aliphatic carbocycles. The van der Waals surface area contributed by atoms with E-state index in [0.717, 1.165) is 24.9 Å². The van der Waals surface area contributed by atoms with E-state index in [1.54, 1.807) is 19.2 Å². The number of alkyl halides is 1. The minimum atomic E-state index is -1.40. The SMILES string of the molecule is COc1ccc(COC2=C(C(=O)O)C=NC(CCO)(OCC34CCCN3C[C@H](F)C4)N2)cc1. The van der Waals surface area contributed by atoms with Crippen molar-refractivity contribution in [1.29, 1.82) is 0 Å². The Hall–Kier alpha value is -2.69. The van der Waals surface area contributed by atoms with Gasteiger partial charge >= 0.3 is 5.97 Å². The number of aliphatic imine (C=N–C) groups is 1. The van der Waals surface area contributed by atoms with Gasteiger partial charge in [-0.25, -0.2) is 14.2 Å². The fourth-order valence-electron chi connectivity index (χ4n) is 4.77. The van der Waals surface area contributed by atoms with E-state index in [2.05, 4.69) is 15.2 Å². The van der Waals surface area contributed by atoms with Gasteiger partial charge in [0.2, 0.25) is 11.7 Å². The molecule has 3 aliphatic heterocycles. The molecule has 2 saturated heterocycles. The monoisotopic (exact) mass is 463 g/mol. The molecule has 0 radical (unpaired) electrons. The number of hydrogen-bond donors (Lipinski definition) is 3. The van der Waals surface area contributed by atoms with Crippen LogP contribution in [0.5, 0.6) is 5.75 Å². The second kappa shape index (κ2) is 9.66. The first-order valence-electron chi connectivity index (χ1n) is 11.1. The minimum absolute atomic E-state index is 0.00247. The topological polar surface area (TPSA) is 113 Å².